The number of fused-ring (bicyclic) bond motifs is 1. The van der Waals surface area contributed by atoms with Crippen LogP contribution in [-0.4, -0.2) is 29.4 Å². The Kier molecular flexibility index (Phi) is 5.88. The number of likely N-dealkylation sites (tertiary alicyclic amines) is 1. The zero-order valence-electron chi connectivity index (χ0n) is 18.0. The maximum atomic E-state index is 12.6. The summed E-state index contributed by atoms with van der Waals surface area (Å²) in [6.07, 6.45) is 2.32. The van der Waals surface area contributed by atoms with Crippen LogP contribution in [-0.2, 0) is 6.54 Å². The molecule has 0 saturated carbocycles. The lowest BCUT2D eigenvalue weighted by molar-refractivity contribution is 0.102. The molecule has 4 aromatic rings. The molecular weight excluding hydrogens is 418 g/mol. The van der Waals surface area contributed by atoms with E-state index in [9.17, 15) is 4.79 Å². The number of carbonyl (C=O) groups is 1. The summed E-state index contributed by atoms with van der Waals surface area (Å²) in [6.45, 7) is 1.93. The summed E-state index contributed by atoms with van der Waals surface area (Å²) in [4.78, 5) is 20.0. The highest BCUT2D eigenvalue weighted by atomic mass is 32.1. The fraction of sp³-hybridized carbons (Fsp3) is 0.231. The lowest BCUT2D eigenvalue weighted by Gasteiger charge is -2.22. The largest absolute Gasteiger partial charge is 0.497 e. The third kappa shape index (κ3) is 4.38. The molecule has 1 atom stereocenters. The minimum atomic E-state index is -0.116. The molecule has 2 heterocycles. The average Bonchev–Trinajstić information content (AvgIpc) is 3.46. The summed E-state index contributed by atoms with van der Waals surface area (Å²) in [7, 11) is 1.62. The maximum Gasteiger partial charge on any atom is 0.255 e. The number of ether oxygens (including phenoxy) is 1. The van der Waals surface area contributed by atoms with Gasteiger partial charge in [-0.1, -0.05) is 24.3 Å². The van der Waals surface area contributed by atoms with Crippen molar-refractivity contribution in [2.24, 2.45) is 0 Å². The molecule has 1 N–H and O–H groups in total. The minimum Gasteiger partial charge on any atom is -0.497 e. The Labute approximate surface area is 191 Å². The number of nitrogens with zero attached hydrogens (tertiary/aromatic N) is 2. The van der Waals surface area contributed by atoms with Crippen molar-refractivity contribution in [1.82, 2.24) is 9.88 Å². The van der Waals surface area contributed by atoms with Crippen molar-refractivity contribution in [3.05, 3.63) is 88.9 Å². The summed E-state index contributed by atoms with van der Waals surface area (Å²) in [5, 5.41) is 4.14. The van der Waals surface area contributed by atoms with E-state index in [-0.39, 0.29) is 5.91 Å². The summed E-state index contributed by atoms with van der Waals surface area (Å²) in [5.74, 6) is 0.647. The smallest absolute Gasteiger partial charge is 0.255 e. The van der Waals surface area contributed by atoms with Gasteiger partial charge in [-0.15, -0.1) is 11.3 Å². The van der Waals surface area contributed by atoms with Crippen molar-refractivity contribution in [2.45, 2.75) is 25.4 Å². The average molecular weight is 444 g/mol. The molecule has 0 radical (unpaired) electrons. The number of carbonyl (C=O) groups excluding carboxylic acids is 1. The number of methoxy groups -OCH3 is 1. The highest BCUT2D eigenvalue weighted by molar-refractivity contribution is 7.18. The Morgan fingerprint density at radius 2 is 1.88 bits per heavy atom. The highest BCUT2D eigenvalue weighted by Crippen LogP contribution is 2.37. The molecule has 1 saturated heterocycles. The van der Waals surface area contributed by atoms with Crippen LogP contribution in [0.1, 0.15) is 39.8 Å². The van der Waals surface area contributed by atoms with E-state index in [1.165, 1.54) is 21.7 Å². The van der Waals surface area contributed by atoms with Gasteiger partial charge in [-0.05, 0) is 73.5 Å². The van der Waals surface area contributed by atoms with Crippen LogP contribution in [0.2, 0.25) is 0 Å². The Morgan fingerprint density at radius 3 is 2.62 bits per heavy atom. The summed E-state index contributed by atoms with van der Waals surface area (Å²) >= 11 is 1.80. The van der Waals surface area contributed by atoms with Gasteiger partial charge < -0.3 is 10.1 Å². The molecule has 1 aliphatic heterocycles. The van der Waals surface area contributed by atoms with Gasteiger partial charge in [-0.2, -0.15) is 0 Å². The molecular formula is C26H25N3O2S. The van der Waals surface area contributed by atoms with E-state index in [0.717, 1.165) is 36.5 Å². The second-order valence-corrected chi connectivity index (χ2v) is 9.09. The molecule has 32 heavy (non-hydrogen) atoms. The molecule has 0 aliphatic carbocycles. The first-order valence-corrected chi connectivity index (χ1v) is 11.6. The van der Waals surface area contributed by atoms with Crippen LogP contribution in [0.3, 0.4) is 0 Å². The normalized spacial score (nSPS) is 16.3. The molecule has 5 rings (SSSR count). The molecule has 0 bridgehead atoms. The van der Waals surface area contributed by atoms with Crippen molar-refractivity contribution in [2.75, 3.05) is 19.0 Å². The van der Waals surface area contributed by atoms with Gasteiger partial charge in [0, 0.05) is 17.8 Å². The third-order valence-electron chi connectivity index (χ3n) is 5.91. The zero-order valence-corrected chi connectivity index (χ0v) is 18.8. The second kappa shape index (κ2) is 9.10. The van der Waals surface area contributed by atoms with Crippen LogP contribution in [0.25, 0.3) is 10.2 Å². The van der Waals surface area contributed by atoms with Gasteiger partial charge in [0.25, 0.3) is 5.91 Å². The van der Waals surface area contributed by atoms with Crippen LogP contribution in [0.4, 0.5) is 5.69 Å². The lowest BCUT2D eigenvalue weighted by Crippen LogP contribution is -2.22. The molecule has 162 valence electrons. The van der Waals surface area contributed by atoms with Gasteiger partial charge >= 0.3 is 0 Å². The Bertz CT molecular complexity index is 1190. The number of nitrogens with one attached hydrogen (secondary N) is 1. The van der Waals surface area contributed by atoms with Crippen LogP contribution in [0.15, 0.2) is 72.8 Å². The predicted octanol–water partition coefficient (Wildman–Crippen LogP) is 5.89. The second-order valence-electron chi connectivity index (χ2n) is 8.03. The number of rotatable bonds is 6. The quantitative estimate of drug-likeness (QED) is 0.403. The van der Waals surface area contributed by atoms with Gasteiger partial charge in [0.05, 0.1) is 23.4 Å². The number of para-hydroxylation sites is 1. The van der Waals surface area contributed by atoms with Crippen molar-refractivity contribution in [3.63, 3.8) is 0 Å². The van der Waals surface area contributed by atoms with E-state index in [1.807, 2.05) is 42.5 Å². The Morgan fingerprint density at radius 1 is 1.09 bits per heavy atom. The van der Waals surface area contributed by atoms with Crippen molar-refractivity contribution >= 4 is 33.1 Å². The molecule has 1 aliphatic rings. The van der Waals surface area contributed by atoms with E-state index in [1.54, 1.807) is 18.4 Å². The molecule has 1 fully saturated rings. The van der Waals surface area contributed by atoms with Crippen LogP contribution >= 0.6 is 11.3 Å². The topological polar surface area (TPSA) is 54.5 Å². The first-order chi connectivity index (χ1) is 15.7. The van der Waals surface area contributed by atoms with Gasteiger partial charge in [0.15, 0.2) is 0 Å². The number of anilines is 1. The minimum absolute atomic E-state index is 0.116. The van der Waals surface area contributed by atoms with E-state index >= 15 is 0 Å². The number of aromatic nitrogens is 1. The van der Waals surface area contributed by atoms with Crippen molar-refractivity contribution in [3.8, 4) is 5.75 Å². The molecule has 6 heteroatoms. The summed E-state index contributed by atoms with van der Waals surface area (Å²) in [5.41, 5.74) is 3.69. The SMILES string of the molecule is COc1ccc(NC(=O)c2ccc(CN3CCC[C@@H]3c3nc4ccccc4s3)cc2)cc1. The van der Waals surface area contributed by atoms with Crippen LogP contribution in [0, 0.1) is 0 Å². The summed E-state index contributed by atoms with van der Waals surface area (Å²) < 4.78 is 6.41. The van der Waals surface area contributed by atoms with Gasteiger partial charge in [0.2, 0.25) is 0 Å². The van der Waals surface area contributed by atoms with E-state index in [0.29, 0.717) is 11.6 Å². The lowest BCUT2D eigenvalue weighted by atomic mass is 10.1. The Balaban J connectivity index is 1.25. The highest BCUT2D eigenvalue weighted by Gasteiger charge is 2.28. The van der Waals surface area contributed by atoms with Crippen molar-refractivity contribution < 1.29 is 9.53 Å². The van der Waals surface area contributed by atoms with E-state index < -0.39 is 0 Å². The number of hydrogen-bond acceptors (Lipinski definition) is 5. The maximum absolute atomic E-state index is 12.6. The van der Waals surface area contributed by atoms with Crippen molar-refractivity contribution in [1.29, 1.82) is 0 Å². The number of thiazole rings is 1. The van der Waals surface area contributed by atoms with Gasteiger partial charge in [-0.3, -0.25) is 9.69 Å². The van der Waals surface area contributed by atoms with Gasteiger partial charge in [-0.25, -0.2) is 4.98 Å². The molecule has 0 spiro atoms. The predicted molar refractivity (Wildman–Crippen MR) is 129 cm³/mol. The molecule has 1 aromatic heterocycles. The number of hydrogen-bond donors (Lipinski definition) is 1. The zero-order chi connectivity index (χ0) is 21.9. The molecule has 5 nitrogen and oxygen atoms in total. The molecule has 3 aromatic carbocycles. The summed E-state index contributed by atoms with van der Waals surface area (Å²) in [6, 6.07) is 23.9. The van der Waals surface area contributed by atoms with Crippen LogP contribution in [0.5, 0.6) is 5.75 Å². The fourth-order valence-corrected chi connectivity index (χ4v) is 5.34. The number of benzene rings is 3. The molecule has 0 unspecified atom stereocenters. The standard InChI is InChI=1S/C26H25N3O2S/c1-31-21-14-12-20(13-15-21)27-25(30)19-10-8-18(9-11-19)17-29-16-4-6-23(29)26-28-22-5-2-3-7-24(22)32-26/h2-3,5,7-15,23H,4,6,16-17H2,1H3,(H,27,30)/t23-/m1/s1. The first-order valence-electron chi connectivity index (χ1n) is 10.8. The fourth-order valence-electron chi connectivity index (χ4n) is 4.20. The Hall–Kier alpha value is -3.22. The van der Waals surface area contributed by atoms with Gasteiger partial charge in [0.1, 0.15) is 10.8 Å². The van der Waals surface area contributed by atoms with E-state index in [4.69, 9.17) is 9.72 Å². The monoisotopic (exact) mass is 443 g/mol. The molecule has 1 amide bonds. The van der Waals surface area contributed by atoms with Crippen LogP contribution < -0.4 is 10.1 Å². The first kappa shape index (κ1) is 20.7. The third-order valence-corrected chi connectivity index (χ3v) is 7.05. The van der Waals surface area contributed by atoms with E-state index in [2.05, 4.69) is 40.5 Å². The number of amides is 1.